The van der Waals surface area contributed by atoms with Crippen LogP contribution in [0, 0.1) is 6.92 Å². The highest BCUT2D eigenvalue weighted by molar-refractivity contribution is 6.30. The van der Waals surface area contributed by atoms with E-state index in [1.807, 2.05) is 31.5 Å². The van der Waals surface area contributed by atoms with Gasteiger partial charge in [-0.3, -0.25) is 0 Å². The zero-order chi connectivity index (χ0) is 13.0. The molecule has 0 saturated carbocycles. The second-order valence-corrected chi connectivity index (χ2v) is 4.83. The predicted octanol–water partition coefficient (Wildman–Crippen LogP) is 3.20. The second kappa shape index (κ2) is 6.03. The maximum absolute atomic E-state index is 5.87. The fraction of sp³-hybridized carbons (Fsp3) is 0.357. The Labute approximate surface area is 113 Å². The first-order valence-corrected chi connectivity index (χ1v) is 6.51. The van der Waals surface area contributed by atoms with Crippen molar-refractivity contribution in [1.29, 1.82) is 0 Å². The van der Waals surface area contributed by atoms with Crippen LogP contribution in [0.3, 0.4) is 0 Å². The number of nitrogens with zero attached hydrogens (tertiary/aromatic N) is 2. The van der Waals surface area contributed by atoms with Gasteiger partial charge in [0.05, 0.1) is 0 Å². The Bertz CT molecular complexity index is 490. The van der Waals surface area contributed by atoms with E-state index < -0.39 is 0 Å². The minimum Gasteiger partial charge on any atom is -0.334 e. The van der Waals surface area contributed by atoms with Crippen LogP contribution in [-0.2, 0) is 6.54 Å². The van der Waals surface area contributed by atoms with Crippen LogP contribution in [-0.4, -0.2) is 16.1 Å². The van der Waals surface area contributed by atoms with Gasteiger partial charge in [0.2, 0.25) is 0 Å². The number of benzene rings is 1. The largest absolute Gasteiger partial charge is 0.334 e. The van der Waals surface area contributed by atoms with Crippen LogP contribution in [0.5, 0.6) is 0 Å². The molecule has 1 aromatic carbocycles. The van der Waals surface area contributed by atoms with Gasteiger partial charge < -0.3 is 9.88 Å². The van der Waals surface area contributed by atoms with Crippen molar-refractivity contribution < 1.29 is 0 Å². The first-order chi connectivity index (χ1) is 8.66. The Morgan fingerprint density at radius 1 is 1.33 bits per heavy atom. The summed E-state index contributed by atoms with van der Waals surface area (Å²) in [4.78, 5) is 4.20. The lowest BCUT2D eigenvalue weighted by atomic mass is 10.1. The Balaban J connectivity index is 1.83. The minimum absolute atomic E-state index is 0.325. The molecule has 1 N–H and O–H groups in total. The normalized spacial score (nSPS) is 12.6. The molecule has 0 saturated heterocycles. The quantitative estimate of drug-likeness (QED) is 0.898. The molecule has 96 valence electrons. The zero-order valence-electron chi connectivity index (χ0n) is 10.7. The van der Waals surface area contributed by atoms with E-state index in [-0.39, 0.29) is 0 Å². The number of hydrogen-bond acceptors (Lipinski definition) is 2. The Morgan fingerprint density at radius 2 is 2.06 bits per heavy atom. The van der Waals surface area contributed by atoms with Gasteiger partial charge in [-0.2, -0.15) is 0 Å². The molecule has 1 heterocycles. The highest BCUT2D eigenvalue weighted by Crippen LogP contribution is 2.15. The van der Waals surface area contributed by atoms with Gasteiger partial charge in [-0.1, -0.05) is 23.7 Å². The Morgan fingerprint density at radius 3 is 2.67 bits per heavy atom. The molecular weight excluding hydrogens is 246 g/mol. The van der Waals surface area contributed by atoms with Crippen LogP contribution in [0.15, 0.2) is 36.7 Å². The van der Waals surface area contributed by atoms with E-state index >= 15 is 0 Å². The monoisotopic (exact) mass is 263 g/mol. The average molecular weight is 264 g/mol. The van der Waals surface area contributed by atoms with Crippen molar-refractivity contribution in [2.24, 2.45) is 0 Å². The van der Waals surface area contributed by atoms with Gasteiger partial charge in [-0.05, 0) is 31.5 Å². The fourth-order valence-corrected chi connectivity index (χ4v) is 2.04. The molecule has 2 rings (SSSR count). The van der Waals surface area contributed by atoms with Crippen molar-refractivity contribution in [3.05, 3.63) is 53.1 Å². The lowest BCUT2D eigenvalue weighted by Crippen LogP contribution is -2.23. The van der Waals surface area contributed by atoms with E-state index in [4.69, 9.17) is 11.6 Å². The first kappa shape index (κ1) is 13.1. The maximum atomic E-state index is 5.87. The molecule has 0 aliphatic carbocycles. The van der Waals surface area contributed by atoms with E-state index in [1.165, 1.54) is 5.56 Å². The second-order valence-electron chi connectivity index (χ2n) is 4.40. The van der Waals surface area contributed by atoms with Crippen molar-refractivity contribution in [3.8, 4) is 0 Å². The van der Waals surface area contributed by atoms with E-state index in [0.717, 1.165) is 23.9 Å². The molecule has 3 nitrogen and oxygen atoms in total. The highest BCUT2D eigenvalue weighted by Gasteiger charge is 2.04. The fourth-order valence-electron chi connectivity index (χ4n) is 1.91. The van der Waals surface area contributed by atoms with E-state index in [0.29, 0.717) is 6.04 Å². The molecule has 1 atom stereocenters. The van der Waals surface area contributed by atoms with Crippen molar-refractivity contribution in [1.82, 2.24) is 14.9 Å². The molecule has 0 unspecified atom stereocenters. The van der Waals surface area contributed by atoms with E-state index in [9.17, 15) is 0 Å². The van der Waals surface area contributed by atoms with E-state index in [1.54, 1.807) is 0 Å². The molecule has 0 spiro atoms. The van der Waals surface area contributed by atoms with Gasteiger partial charge >= 0.3 is 0 Å². The van der Waals surface area contributed by atoms with Crippen molar-refractivity contribution in [2.75, 3.05) is 6.54 Å². The summed E-state index contributed by atoms with van der Waals surface area (Å²) in [5.74, 6) is 1.05. The number of nitrogens with one attached hydrogen (secondary N) is 1. The highest BCUT2D eigenvalue weighted by atomic mass is 35.5. The lowest BCUT2D eigenvalue weighted by molar-refractivity contribution is 0.526. The number of aryl methyl sites for hydroxylation is 1. The van der Waals surface area contributed by atoms with Gasteiger partial charge in [0.15, 0.2) is 0 Å². The summed E-state index contributed by atoms with van der Waals surface area (Å²) < 4.78 is 2.14. The number of hydrogen-bond donors (Lipinski definition) is 1. The van der Waals surface area contributed by atoms with Gasteiger partial charge in [-0.25, -0.2) is 4.98 Å². The summed E-state index contributed by atoms with van der Waals surface area (Å²) in [6.07, 6.45) is 3.84. The molecule has 0 radical (unpaired) electrons. The third-order valence-electron chi connectivity index (χ3n) is 3.10. The molecule has 0 bridgehead atoms. The van der Waals surface area contributed by atoms with Crippen molar-refractivity contribution in [2.45, 2.75) is 26.4 Å². The number of imidazole rings is 1. The molecule has 18 heavy (non-hydrogen) atoms. The standard InChI is InChI=1S/C14H18ClN3/c1-11(13-3-5-14(15)6-4-13)16-7-9-18-10-8-17-12(18)2/h3-6,8,10-11,16H,7,9H2,1-2H3/t11-/m1/s1. The first-order valence-electron chi connectivity index (χ1n) is 6.13. The smallest absolute Gasteiger partial charge is 0.105 e. The Hall–Kier alpha value is -1.32. The van der Waals surface area contributed by atoms with Crippen LogP contribution in [0.2, 0.25) is 5.02 Å². The SMILES string of the molecule is Cc1nccn1CCN[C@H](C)c1ccc(Cl)cc1. The molecule has 2 aromatic rings. The van der Waals surface area contributed by atoms with Crippen molar-refractivity contribution in [3.63, 3.8) is 0 Å². The van der Waals surface area contributed by atoms with Gasteiger partial charge in [-0.15, -0.1) is 0 Å². The van der Waals surface area contributed by atoms with Crippen LogP contribution < -0.4 is 5.32 Å². The van der Waals surface area contributed by atoms with Crippen LogP contribution in [0.1, 0.15) is 24.4 Å². The molecular formula is C14H18ClN3. The summed E-state index contributed by atoms with van der Waals surface area (Å²) >= 11 is 5.87. The molecule has 1 aromatic heterocycles. The summed E-state index contributed by atoms with van der Waals surface area (Å²) in [7, 11) is 0. The van der Waals surface area contributed by atoms with E-state index in [2.05, 4.69) is 33.9 Å². The van der Waals surface area contributed by atoms with Crippen LogP contribution in [0.4, 0.5) is 0 Å². The number of aromatic nitrogens is 2. The average Bonchev–Trinajstić information content (AvgIpc) is 2.76. The van der Waals surface area contributed by atoms with Gasteiger partial charge in [0.1, 0.15) is 5.82 Å². The van der Waals surface area contributed by atoms with Gasteiger partial charge in [0.25, 0.3) is 0 Å². The topological polar surface area (TPSA) is 29.9 Å². The molecule has 0 amide bonds. The number of halogens is 1. The minimum atomic E-state index is 0.325. The maximum Gasteiger partial charge on any atom is 0.105 e. The summed E-state index contributed by atoms with van der Waals surface area (Å²) in [5, 5.41) is 4.27. The zero-order valence-corrected chi connectivity index (χ0v) is 11.5. The lowest BCUT2D eigenvalue weighted by Gasteiger charge is -2.15. The third kappa shape index (κ3) is 3.34. The molecule has 4 heteroatoms. The summed E-state index contributed by atoms with van der Waals surface area (Å²) in [5.41, 5.74) is 1.25. The molecule has 0 fully saturated rings. The number of rotatable bonds is 5. The predicted molar refractivity (Wildman–Crippen MR) is 74.8 cm³/mol. The molecule has 0 aliphatic rings. The van der Waals surface area contributed by atoms with Crippen LogP contribution in [0.25, 0.3) is 0 Å². The molecule has 0 aliphatic heterocycles. The van der Waals surface area contributed by atoms with Gasteiger partial charge in [0, 0.05) is 36.5 Å². The van der Waals surface area contributed by atoms with Crippen molar-refractivity contribution >= 4 is 11.6 Å². The summed E-state index contributed by atoms with van der Waals surface area (Å²) in [6, 6.07) is 8.29. The third-order valence-corrected chi connectivity index (χ3v) is 3.35. The Kier molecular flexibility index (Phi) is 4.39. The summed E-state index contributed by atoms with van der Waals surface area (Å²) in [6.45, 7) is 6.03. The van der Waals surface area contributed by atoms with Crippen LogP contribution >= 0.6 is 11.6 Å².